The molecule has 0 aromatic heterocycles. The first-order valence-corrected chi connectivity index (χ1v) is 7.54. The largest absolute Gasteiger partial charge is 0.479 e. The number of hydrogen-bond donors (Lipinski definition) is 4. The fraction of sp³-hybridized carbons (Fsp3) is 0.533. The van der Waals surface area contributed by atoms with E-state index in [0.717, 1.165) is 0 Å². The lowest BCUT2D eigenvalue weighted by molar-refractivity contribution is -0.297. The van der Waals surface area contributed by atoms with Crippen molar-refractivity contribution in [3.05, 3.63) is 34.9 Å². The summed E-state index contributed by atoms with van der Waals surface area (Å²) in [5.41, 5.74) is -3.78. The number of rotatable bonds is 4. The first-order valence-electron chi connectivity index (χ1n) is 7.54. The van der Waals surface area contributed by atoms with E-state index >= 15 is 0 Å². The Morgan fingerprint density at radius 2 is 1.43 bits per heavy atom. The van der Waals surface area contributed by atoms with E-state index in [0.29, 0.717) is 12.1 Å². The number of carboxylic acid groups (broad SMARTS) is 1. The van der Waals surface area contributed by atoms with Crippen molar-refractivity contribution in [2.24, 2.45) is 0 Å². The number of alkyl halides is 6. The van der Waals surface area contributed by atoms with Gasteiger partial charge in [0, 0.05) is 0 Å². The summed E-state index contributed by atoms with van der Waals surface area (Å²) in [7, 11) is 0. The second-order valence-electron chi connectivity index (χ2n) is 5.96. The predicted molar refractivity (Wildman–Crippen MR) is 75.6 cm³/mol. The van der Waals surface area contributed by atoms with Crippen LogP contribution in [0.5, 0.6) is 0 Å². The second-order valence-corrected chi connectivity index (χ2v) is 5.96. The highest BCUT2D eigenvalue weighted by Gasteiger charge is 2.47. The van der Waals surface area contributed by atoms with E-state index in [2.05, 4.69) is 0 Å². The van der Waals surface area contributed by atoms with Crippen molar-refractivity contribution in [2.75, 3.05) is 0 Å². The van der Waals surface area contributed by atoms with Gasteiger partial charge in [-0.3, -0.25) is 0 Å². The van der Waals surface area contributed by atoms with Crippen LogP contribution in [0.15, 0.2) is 18.2 Å². The molecule has 1 aliphatic heterocycles. The van der Waals surface area contributed by atoms with Crippen molar-refractivity contribution in [2.45, 2.75) is 49.7 Å². The minimum atomic E-state index is -5.08. The molecule has 1 fully saturated rings. The highest BCUT2D eigenvalue weighted by molar-refractivity contribution is 5.73. The van der Waals surface area contributed by atoms with Crippen molar-refractivity contribution >= 4 is 5.97 Å². The van der Waals surface area contributed by atoms with Crippen LogP contribution in [0.3, 0.4) is 0 Å². The molecule has 0 amide bonds. The predicted octanol–water partition coefficient (Wildman–Crippen LogP) is 1.13. The van der Waals surface area contributed by atoms with E-state index in [-0.39, 0.29) is 6.07 Å². The number of carbonyl (C=O) groups is 1. The molecule has 0 radical (unpaired) electrons. The Hall–Kier alpha value is -1.93. The van der Waals surface area contributed by atoms with E-state index in [1.165, 1.54) is 0 Å². The zero-order valence-corrected chi connectivity index (χ0v) is 13.6. The maximum absolute atomic E-state index is 12.8. The van der Waals surface area contributed by atoms with Gasteiger partial charge in [-0.15, -0.1) is 0 Å². The van der Waals surface area contributed by atoms with E-state index in [1.807, 2.05) is 0 Å². The molecule has 2 rings (SSSR count). The van der Waals surface area contributed by atoms with E-state index in [4.69, 9.17) is 14.6 Å². The molecule has 0 bridgehead atoms. The average Bonchev–Trinajstić information content (AvgIpc) is 2.57. The first-order chi connectivity index (χ1) is 12.7. The Balaban J connectivity index is 2.24. The third-order valence-corrected chi connectivity index (χ3v) is 3.87. The molecule has 7 nitrogen and oxygen atoms in total. The zero-order chi connectivity index (χ0) is 21.4. The first kappa shape index (κ1) is 22.4. The van der Waals surface area contributed by atoms with Crippen LogP contribution in [0.4, 0.5) is 26.3 Å². The van der Waals surface area contributed by atoms with Crippen molar-refractivity contribution in [3.63, 3.8) is 0 Å². The Bertz CT molecular complexity index is 688. The number of halogens is 6. The molecule has 1 aromatic carbocycles. The summed E-state index contributed by atoms with van der Waals surface area (Å²) in [6.07, 6.45) is -20.2. The maximum Gasteiger partial charge on any atom is 0.416 e. The number of carboxylic acids is 1. The highest BCUT2D eigenvalue weighted by Crippen LogP contribution is 2.36. The molecule has 1 aliphatic rings. The third-order valence-electron chi connectivity index (χ3n) is 3.87. The van der Waals surface area contributed by atoms with E-state index in [9.17, 15) is 46.5 Å². The number of aliphatic carboxylic acids is 1. The summed E-state index contributed by atoms with van der Waals surface area (Å²) in [5, 5.41) is 37.8. The van der Waals surface area contributed by atoms with Crippen molar-refractivity contribution < 1.29 is 61.0 Å². The van der Waals surface area contributed by atoms with Gasteiger partial charge in [0.1, 0.15) is 18.3 Å². The highest BCUT2D eigenvalue weighted by atomic mass is 19.4. The topological polar surface area (TPSA) is 116 Å². The van der Waals surface area contributed by atoms with Crippen LogP contribution in [-0.4, -0.2) is 57.1 Å². The van der Waals surface area contributed by atoms with Crippen LogP contribution in [-0.2, 0) is 33.2 Å². The fourth-order valence-corrected chi connectivity index (χ4v) is 2.47. The van der Waals surface area contributed by atoms with Crippen LogP contribution in [0.25, 0.3) is 0 Å². The van der Waals surface area contributed by atoms with E-state index in [1.54, 1.807) is 0 Å². The number of aliphatic hydroxyl groups is 3. The summed E-state index contributed by atoms with van der Waals surface area (Å²) in [5.74, 6) is -1.73. The summed E-state index contributed by atoms with van der Waals surface area (Å²) in [6, 6.07) is 0.671. The van der Waals surface area contributed by atoms with Gasteiger partial charge in [-0.05, 0) is 23.8 Å². The lowest BCUT2D eigenvalue weighted by Gasteiger charge is -2.38. The molecule has 0 saturated carbocycles. The lowest BCUT2D eigenvalue weighted by atomic mass is 9.99. The zero-order valence-electron chi connectivity index (χ0n) is 13.6. The molecular weight excluding hydrogens is 406 g/mol. The molecule has 1 heterocycles. The van der Waals surface area contributed by atoms with Gasteiger partial charge in [0.15, 0.2) is 12.4 Å². The SMILES string of the molecule is O=C(O)C1OC(OCc2cc(C(F)(F)F)cc(C(F)(F)F)c2)C(O)C(O)C1O. The normalized spacial score (nSPS) is 29.0. The van der Waals surface area contributed by atoms with Crippen LogP contribution < -0.4 is 0 Å². The standard InChI is InChI=1S/C15H14F6O7/c16-14(17,18)6-1-5(2-7(3-6)15(19,20)21)4-27-13-10(24)8(22)9(23)11(28-13)12(25)26/h1-3,8-11,13,22-24H,4H2,(H,25,26). The molecule has 5 unspecified atom stereocenters. The van der Waals surface area contributed by atoms with Gasteiger partial charge in [-0.1, -0.05) is 0 Å². The Labute approximate surface area is 152 Å². The minimum absolute atomic E-state index is 0.0873. The van der Waals surface area contributed by atoms with Crippen LogP contribution >= 0.6 is 0 Å². The lowest BCUT2D eigenvalue weighted by Crippen LogP contribution is -2.60. The molecule has 13 heteroatoms. The van der Waals surface area contributed by atoms with Gasteiger partial charge in [0.2, 0.25) is 0 Å². The molecule has 158 valence electrons. The molecule has 1 saturated heterocycles. The molecule has 4 N–H and O–H groups in total. The number of aliphatic hydroxyl groups excluding tert-OH is 3. The van der Waals surface area contributed by atoms with Crippen molar-refractivity contribution in [3.8, 4) is 0 Å². The van der Waals surface area contributed by atoms with Gasteiger partial charge in [0.05, 0.1) is 17.7 Å². The van der Waals surface area contributed by atoms with Gasteiger partial charge in [-0.2, -0.15) is 26.3 Å². The number of hydrogen-bond acceptors (Lipinski definition) is 6. The molecule has 5 atom stereocenters. The maximum atomic E-state index is 12.8. The Morgan fingerprint density at radius 1 is 0.929 bits per heavy atom. The Morgan fingerprint density at radius 3 is 1.86 bits per heavy atom. The smallest absolute Gasteiger partial charge is 0.416 e. The number of benzene rings is 1. The molecule has 0 aliphatic carbocycles. The van der Waals surface area contributed by atoms with Crippen molar-refractivity contribution in [1.29, 1.82) is 0 Å². The number of ether oxygens (including phenoxy) is 2. The quantitative estimate of drug-likeness (QED) is 0.540. The van der Waals surface area contributed by atoms with Crippen molar-refractivity contribution in [1.82, 2.24) is 0 Å². The fourth-order valence-electron chi connectivity index (χ4n) is 2.47. The van der Waals surface area contributed by atoms with Gasteiger partial charge in [0.25, 0.3) is 0 Å². The van der Waals surface area contributed by atoms with Crippen LogP contribution in [0, 0.1) is 0 Å². The second kappa shape index (κ2) is 7.83. The monoisotopic (exact) mass is 420 g/mol. The van der Waals surface area contributed by atoms with Crippen LogP contribution in [0.1, 0.15) is 16.7 Å². The molecule has 1 aromatic rings. The summed E-state index contributed by atoms with van der Waals surface area (Å²) < 4.78 is 86.6. The van der Waals surface area contributed by atoms with E-state index < -0.39 is 72.3 Å². The average molecular weight is 420 g/mol. The minimum Gasteiger partial charge on any atom is -0.479 e. The van der Waals surface area contributed by atoms with Gasteiger partial charge in [-0.25, -0.2) is 4.79 Å². The van der Waals surface area contributed by atoms with Gasteiger partial charge < -0.3 is 29.9 Å². The summed E-state index contributed by atoms with van der Waals surface area (Å²) in [6.45, 7) is -0.941. The summed E-state index contributed by atoms with van der Waals surface area (Å²) >= 11 is 0. The third kappa shape index (κ3) is 4.91. The summed E-state index contributed by atoms with van der Waals surface area (Å²) in [4.78, 5) is 11.0. The molecule has 0 spiro atoms. The molecule has 28 heavy (non-hydrogen) atoms. The molecular formula is C15H14F6O7. The Kier molecular flexibility index (Phi) is 6.25. The van der Waals surface area contributed by atoms with Crippen LogP contribution in [0.2, 0.25) is 0 Å². The van der Waals surface area contributed by atoms with Gasteiger partial charge >= 0.3 is 18.3 Å².